The summed E-state index contributed by atoms with van der Waals surface area (Å²) in [6.07, 6.45) is 2.32. The highest BCUT2D eigenvalue weighted by Gasteiger charge is 2.51. The Morgan fingerprint density at radius 2 is 1.32 bits per heavy atom. The zero-order valence-electron chi connectivity index (χ0n) is 21.2. The minimum Gasteiger partial charge on any atom is -0.480 e. The molecule has 1 atom stereocenters. The fourth-order valence-corrected chi connectivity index (χ4v) is 4.66. The normalized spacial score (nSPS) is 12.5. The largest absolute Gasteiger partial charge is 0.480 e. The molecular weight excluding hydrogens is 466 g/mol. The number of aliphatic carboxylic acids is 1. The van der Waals surface area contributed by atoms with E-state index in [4.69, 9.17) is 4.74 Å². The minimum absolute atomic E-state index is 0.00280. The molecule has 4 rings (SSSR count). The molecule has 3 aromatic carbocycles. The summed E-state index contributed by atoms with van der Waals surface area (Å²) in [4.78, 5) is 35.6. The van der Waals surface area contributed by atoms with E-state index < -0.39 is 29.2 Å². The third-order valence-electron chi connectivity index (χ3n) is 6.09. The van der Waals surface area contributed by atoms with Crippen molar-refractivity contribution in [3.05, 3.63) is 126 Å². The van der Waals surface area contributed by atoms with E-state index in [1.54, 1.807) is 27.0 Å². The summed E-state index contributed by atoms with van der Waals surface area (Å²) < 4.78 is 5.92. The third-order valence-corrected chi connectivity index (χ3v) is 6.09. The van der Waals surface area contributed by atoms with E-state index in [0.717, 1.165) is 16.7 Å². The van der Waals surface area contributed by atoms with Gasteiger partial charge in [-0.2, -0.15) is 0 Å². The third kappa shape index (κ3) is 5.40. The monoisotopic (exact) mass is 497 g/mol. The van der Waals surface area contributed by atoms with Crippen LogP contribution in [0, 0.1) is 0 Å². The number of nitrogens with zero attached hydrogens (tertiary/aromatic N) is 2. The topological polar surface area (TPSA) is 95.5 Å². The van der Waals surface area contributed by atoms with Crippen molar-refractivity contribution in [3.63, 3.8) is 0 Å². The summed E-state index contributed by atoms with van der Waals surface area (Å²) in [6.45, 7) is 5.30. The molecule has 0 aliphatic heterocycles. The van der Waals surface area contributed by atoms with Crippen LogP contribution in [-0.4, -0.2) is 43.7 Å². The van der Waals surface area contributed by atoms with Crippen LogP contribution in [0.25, 0.3) is 0 Å². The number of carboxylic acid groups (broad SMARTS) is 1. The zero-order valence-corrected chi connectivity index (χ0v) is 21.2. The molecule has 7 heteroatoms. The van der Waals surface area contributed by atoms with Crippen LogP contribution in [0.3, 0.4) is 0 Å². The van der Waals surface area contributed by atoms with Gasteiger partial charge >= 0.3 is 12.1 Å². The van der Waals surface area contributed by atoms with Gasteiger partial charge in [0.15, 0.2) is 0 Å². The summed E-state index contributed by atoms with van der Waals surface area (Å²) >= 11 is 0. The van der Waals surface area contributed by atoms with Crippen molar-refractivity contribution in [2.75, 3.05) is 0 Å². The molecule has 190 valence electrons. The first-order chi connectivity index (χ1) is 17.7. The number of amides is 1. The number of imidazole rings is 1. The molecule has 1 amide bonds. The Morgan fingerprint density at radius 1 is 0.865 bits per heavy atom. The van der Waals surface area contributed by atoms with Gasteiger partial charge in [-0.1, -0.05) is 91.0 Å². The van der Waals surface area contributed by atoms with E-state index in [1.807, 2.05) is 91.0 Å². The Balaban J connectivity index is 2.10. The summed E-state index contributed by atoms with van der Waals surface area (Å²) in [5.41, 5.74) is 0.596. The Morgan fingerprint density at radius 3 is 1.68 bits per heavy atom. The number of hydrogen-bond acceptors (Lipinski definition) is 4. The van der Waals surface area contributed by atoms with Gasteiger partial charge in [-0.15, -0.1) is 0 Å². The van der Waals surface area contributed by atoms with Crippen molar-refractivity contribution in [3.8, 4) is 0 Å². The van der Waals surface area contributed by atoms with Gasteiger partial charge in [-0.25, -0.2) is 14.6 Å². The van der Waals surface area contributed by atoms with Crippen LogP contribution in [0.2, 0.25) is 0 Å². The van der Waals surface area contributed by atoms with E-state index >= 15 is 0 Å². The highest BCUT2D eigenvalue weighted by Crippen LogP contribution is 2.44. The van der Waals surface area contributed by atoms with Gasteiger partial charge in [0.2, 0.25) is 0 Å². The van der Waals surface area contributed by atoms with Crippen molar-refractivity contribution in [2.45, 2.75) is 44.4 Å². The second-order valence-electron chi connectivity index (χ2n) is 9.79. The van der Waals surface area contributed by atoms with Gasteiger partial charge in [-0.3, -0.25) is 4.90 Å². The average Bonchev–Trinajstić information content (AvgIpc) is 3.40. The molecule has 0 aliphatic carbocycles. The summed E-state index contributed by atoms with van der Waals surface area (Å²) in [6, 6.07) is 27.1. The lowest BCUT2D eigenvalue weighted by Gasteiger charge is -2.47. The van der Waals surface area contributed by atoms with Crippen molar-refractivity contribution in [1.82, 2.24) is 14.9 Å². The van der Waals surface area contributed by atoms with Crippen LogP contribution >= 0.6 is 0 Å². The zero-order chi connectivity index (χ0) is 26.5. The van der Waals surface area contributed by atoms with Gasteiger partial charge in [-0.05, 0) is 37.5 Å². The Labute approximate surface area is 216 Å². The maximum atomic E-state index is 14.2. The van der Waals surface area contributed by atoms with Crippen LogP contribution in [0.5, 0.6) is 0 Å². The molecule has 1 heterocycles. The molecule has 0 aliphatic rings. The number of hydrogen-bond donors (Lipinski definition) is 2. The number of carbonyl (C=O) groups is 2. The highest BCUT2D eigenvalue weighted by molar-refractivity contribution is 5.83. The number of rotatable bonds is 8. The maximum Gasteiger partial charge on any atom is 0.412 e. The highest BCUT2D eigenvalue weighted by atomic mass is 16.6. The fraction of sp³-hybridized carbons (Fsp3) is 0.233. The first kappa shape index (κ1) is 25.7. The van der Waals surface area contributed by atoms with Crippen LogP contribution in [-0.2, 0) is 21.5 Å². The van der Waals surface area contributed by atoms with E-state index in [-0.39, 0.29) is 6.42 Å². The molecule has 37 heavy (non-hydrogen) atoms. The second-order valence-corrected chi connectivity index (χ2v) is 9.79. The van der Waals surface area contributed by atoms with Gasteiger partial charge < -0.3 is 14.8 Å². The first-order valence-electron chi connectivity index (χ1n) is 12.1. The first-order valence-corrected chi connectivity index (χ1v) is 12.1. The number of nitrogens with one attached hydrogen (secondary N) is 1. The van der Waals surface area contributed by atoms with Gasteiger partial charge in [0.25, 0.3) is 0 Å². The Bertz CT molecular complexity index is 1200. The Kier molecular flexibility index (Phi) is 7.43. The lowest BCUT2D eigenvalue weighted by molar-refractivity contribution is -0.145. The number of aromatic nitrogens is 2. The molecule has 0 spiro atoms. The summed E-state index contributed by atoms with van der Waals surface area (Å²) in [5, 5.41) is 10.6. The SMILES string of the molecule is CC(C)(C)OC(=O)N([C@@H](Cc1cnc[nH]1)C(=O)O)C(c1ccccc1)(c1ccccc1)c1ccccc1. The molecule has 2 N–H and O–H groups in total. The molecule has 0 bridgehead atoms. The molecular formula is C30H31N3O4. The number of carboxylic acids is 1. The van der Waals surface area contributed by atoms with Gasteiger partial charge in [0.05, 0.1) is 6.33 Å². The number of benzene rings is 3. The predicted octanol–water partition coefficient (Wildman–Crippen LogP) is 5.63. The summed E-state index contributed by atoms with van der Waals surface area (Å²) in [5.74, 6) is -1.16. The smallest absolute Gasteiger partial charge is 0.412 e. The van der Waals surface area contributed by atoms with E-state index in [9.17, 15) is 14.7 Å². The van der Waals surface area contributed by atoms with Crippen LogP contribution in [0.1, 0.15) is 43.2 Å². The molecule has 1 aromatic heterocycles. The molecule has 0 saturated heterocycles. The maximum absolute atomic E-state index is 14.2. The molecule has 0 unspecified atom stereocenters. The Hall–Kier alpha value is -4.39. The summed E-state index contributed by atoms with van der Waals surface area (Å²) in [7, 11) is 0. The number of carbonyl (C=O) groups excluding carboxylic acids is 1. The lowest BCUT2D eigenvalue weighted by atomic mass is 9.74. The molecule has 0 fully saturated rings. The van der Waals surface area contributed by atoms with Crippen molar-refractivity contribution in [1.29, 1.82) is 0 Å². The number of aromatic amines is 1. The van der Waals surface area contributed by atoms with Gasteiger partial charge in [0, 0.05) is 18.3 Å². The molecule has 0 saturated carbocycles. The number of ether oxygens (including phenoxy) is 1. The van der Waals surface area contributed by atoms with E-state index in [2.05, 4.69) is 9.97 Å². The van der Waals surface area contributed by atoms with E-state index in [0.29, 0.717) is 5.69 Å². The van der Waals surface area contributed by atoms with Crippen molar-refractivity contribution < 1.29 is 19.4 Å². The van der Waals surface area contributed by atoms with Crippen molar-refractivity contribution >= 4 is 12.1 Å². The molecule has 4 aromatic rings. The lowest BCUT2D eigenvalue weighted by Crippen LogP contribution is -2.59. The quantitative estimate of drug-likeness (QED) is 0.308. The minimum atomic E-state index is -1.32. The second kappa shape index (κ2) is 10.7. The molecule has 0 radical (unpaired) electrons. The number of H-pyrrole nitrogens is 1. The van der Waals surface area contributed by atoms with Crippen LogP contribution in [0.15, 0.2) is 104 Å². The average molecular weight is 498 g/mol. The fourth-order valence-electron chi connectivity index (χ4n) is 4.66. The van der Waals surface area contributed by atoms with Gasteiger partial charge in [0.1, 0.15) is 17.2 Å². The van der Waals surface area contributed by atoms with Crippen LogP contribution in [0.4, 0.5) is 4.79 Å². The van der Waals surface area contributed by atoms with Crippen LogP contribution < -0.4 is 0 Å². The van der Waals surface area contributed by atoms with E-state index in [1.165, 1.54) is 11.2 Å². The standard InChI is InChI=1S/C30H31N3O4/c1-29(2,3)37-28(36)33(26(27(34)35)19-25-20-31-21-32-25)30(22-13-7-4-8-14-22,23-15-9-5-10-16-23)24-17-11-6-12-18-24/h4-18,20-21,26H,19H2,1-3H3,(H,31,32)(H,34,35)/t26-/m0/s1. The molecule has 7 nitrogen and oxygen atoms in total. The van der Waals surface area contributed by atoms with Crippen molar-refractivity contribution in [2.24, 2.45) is 0 Å². The predicted molar refractivity (Wildman–Crippen MR) is 141 cm³/mol.